The smallest absolute Gasteiger partial charge is 0.321 e. The van der Waals surface area contributed by atoms with E-state index >= 15 is 0 Å². The summed E-state index contributed by atoms with van der Waals surface area (Å²) in [4.78, 5) is 18.9. The maximum atomic E-state index is 12.5. The van der Waals surface area contributed by atoms with Crippen LogP contribution in [-0.4, -0.2) is 40.7 Å². The minimum absolute atomic E-state index is 0.106. The first-order valence-corrected chi connectivity index (χ1v) is 10.6. The van der Waals surface area contributed by atoms with Gasteiger partial charge in [0.15, 0.2) is 0 Å². The summed E-state index contributed by atoms with van der Waals surface area (Å²) in [7, 11) is 0. The number of carbonyl (C=O) groups is 1. The average Bonchev–Trinajstić information content (AvgIpc) is 3.11. The molecule has 0 saturated carbocycles. The molecular weight excluding hydrogens is 426 g/mol. The maximum Gasteiger partial charge on any atom is 0.321 e. The summed E-state index contributed by atoms with van der Waals surface area (Å²) in [5.41, 5.74) is 2.77. The van der Waals surface area contributed by atoms with E-state index in [1.165, 1.54) is 0 Å². The largest absolute Gasteiger partial charge is 0.396 e. The van der Waals surface area contributed by atoms with Gasteiger partial charge in [-0.2, -0.15) is 0 Å². The van der Waals surface area contributed by atoms with Gasteiger partial charge in [0, 0.05) is 35.4 Å². The van der Waals surface area contributed by atoms with Crippen LogP contribution in [0.15, 0.2) is 46.9 Å². The molecule has 1 aliphatic heterocycles. The van der Waals surface area contributed by atoms with Crippen LogP contribution in [-0.2, 0) is 0 Å². The lowest BCUT2D eigenvalue weighted by Crippen LogP contribution is -2.43. The van der Waals surface area contributed by atoms with Crippen molar-refractivity contribution in [2.75, 3.05) is 25.0 Å². The number of anilines is 1. The molecule has 1 aromatic heterocycles. The topological polar surface area (TPSA) is 65.5 Å². The van der Waals surface area contributed by atoms with E-state index in [1.54, 1.807) is 16.2 Å². The van der Waals surface area contributed by atoms with E-state index in [-0.39, 0.29) is 18.6 Å². The van der Waals surface area contributed by atoms with Crippen molar-refractivity contribution in [3.8, 4) is 10.6 Å². The third-order valence-electron chi connectivity index (χ3n) is 4.80. The maximum absolute atomic E-state index is 12.5. The van der Waals surface area contributed by atoms with Gasteiger partial charge >= 0.3 is 6.03 Å². The zero-order valence-electron chi connectivity index (χ0n) is 14.7. The highest BCUT2D eigenvalue weighted by Crippen LogP contribution is 2.32. The molecule has 1 atom stereocenters. The van der Waals surface area contributed by atoms with E-state index in [9.17, 15) is 9.90 Å². The number of piperidine rings is 1. The number of benzene rings is 2. The third-order valence-corrected chi connectivity index (χ3v) is 6.38. The first-order chi connectivity index (χ1) is 13.1. The first kappa shape index (κ1) is 18.4. The highest BCUT2D eigenvalue weighted by molar-refractivity contribution is 9.10. The molecule has 1 fully saturated rings. The Balaban J connectivity index is 1.46. The van der Waals surface area contributed by atoms with Gasteiger partial charge < -0.3 is 15.3 Å². The molecule has 2 amide bonds. The number of hydrogen-bond acceptors (Lipinski definition) is 4. The van der Waals surface area contributed by atoms with Crippen LogP contribution >= 0.6 is 27.3 Å². The van der Waals surface area contributed by atoms with Gasteiger partial charge in [-0.1, -0.05) is 15.9 Å². The Labute approximate surface area is 170 Å². The number of urea groups is 1. The Morgan fingerprint density at radius 2 is 2.11 bits per heavy atom. The van der Waals surface area contributed by atoms with Gasteiger partial charge in [-0.15, -0.1) is 11.3 Å². The third kappa shape index (κ3) is 4.15. The number of nitrogens with zero attached hydrogens (tertiary/aromatic N) is 2. The standard InChI is InChI=1S/C20H20BrN3O2S/c21-15-5-8-18-17(10-15)23-19(27-18)14-3-6-16(7-4-14)22-20(26)24-9-1-2-13(11-24)12-25/h3-8,10,13,25H,1-2,9,11-12H2,(H,22,26)/t13-/m0/s1. The second-order valence-electron chi connectivity index (χ2n) is 6.78. The van der Waals surface area contributed by atoms with Gasteiger partial charge in [-0.3, -0.25) is 0 Å². The fourth-order valence-corrected chi connectivity index (χ4v) is 4.62. The van der Waals surface area contributed by atoms with Gasteiger partial charge in [0.25, 0.3) is 0 Å². The van der Waals surface area contributed by atoms with Crippen molar-refractivity contribution in [3.05, 3.63) is 46.9 Å². The number of halogens is 1. The Bertz CT molecular complexity index is 958. The lowest BCUT2D eigenvalue weighted by Gasteiger charge is -2.31. The van der Waals surface area contributed by atoms with E-state index in [1.807, 2.05) is 36.4 Å². The summed E-state index contributed by atoms with van der Waals surface area (Å²) in [6.07, 6.45) is 1.92. The molecular formula is C20H20BrN3O2S. The van der Waals surface area contributed by atoms with Crippen molar-refractivity contribution in [2.24, 2.45) is 5.92 Å². The molecule has 2 heterocycles. The zero-order valence-corrected chi connectivity index (χ0v) is 17.1. The molecule has 2 N–H and O–H groups in total. The zero-order chi connectivity index (χ0) is 18.8. The van der Waals surface area contributed by atoms with Crippen LogP contribution in [0.3, 0.4) is 0 Å². The number of aliphatic hydroxyl groups is 1. The van der Waals surface area contributed by atoms with E-state index < -0.39 is 0 Å². The lowest BCUT2D eigenvalue weighted by molar-refractivity contribution is 0.136. The number of nitrogens with one attached hydrogen (secondary N) is 1. The summed E-state index contributed by atoms with van der Waals surface area (Å²) in [5.74, 6) is 0.186. The number of aromatic nitrogens is 1. The molecule has 27 heavy (non-hydrogen) atoms. The van der Waals surface area contributed by atoms with Crippen molar-refractivity contribution in [3.63, 3.8) is 0 Å². The molecule has 0 unspecified atom stereocenters. The quantitative estimate of drug-likeness (QED) is 0.598. The number of amides is 2. The number of likely N-dealkylation sites (tertiary alicyclic amines) is 1. The number of hydrogen-bond donors (Lipinski definition) is 2. The molecule has 4 rings (SSSR count). The van der Waals surface area contributed by atoms with Gasteiger partial charge in [0.2, 0.25) is 0 Å². The molecule has 0 spiro atoms. The van der Waals surface area contributed by atoms with Crippen molar-refractivity contribution in [2.45, 2.75) is 12.8 Å². The van der Waals surface area contributed by atoms with Crippen molar-refractivity contribution in [1.29, 1.82) is 0 Å². The van der Waals surface area contributed by atoms with Crippen LogP contribution < -0.4 is 5.32 Å². The summed E-state index contributed by atoms with van der Waals surface area (Å²) in [5, 5.41) is 13.2. The van der Waals surface area contributed by atoms with Crippen LogP contribution in [0.2, 0.25) is 0 Å². The van der Waals surface area contributed by atoms with Crippen LogP contribution in [0.25, 0.3) is 20.8 Å². The average molecular weight is 446 g/mol. The molecule has 0 bridgehead atoms. The van der Waals surface area contributed by atoms with E-state index in [2.05, 4.69) is 27.3 Å². The molecule has 0 radical (unpaired) electrons. The summed E-state index contributed by atoms with van der Waals surface area (Å²) in [6.45, 7) is 1.49. The number of carbonyl (C=O) groups excluding carboxylic acids is 1. The Kier molecular flexibility index (Phi) is 5.43. The van der Waals surface area contributed by atoms with Crippen LogP contribution in [0, 0.1) is 5.92 Å². The fourth-order valence-electron chi connectivity index (χ4n) is 3.32. The molecule has 5 nitrogen and oxygen atoms in total. The van der Waals surface area contributed by atoms with Gasteiger partial charge in [-0.05, 0) is 61.2 Å². The first-order valence-electron chi connectivity index (χ1n) is 8.96. The molecule has 2 aromatic carbocycles. The van der Waals surface area contributed by atoms with Crippen molar-refractivity contribution >= 4 is 49.2 Å². The highest BCUT2D eigenvalue weighted by atomic mass is 79.9. The van der Waals surface area contributed by atoms with E-state index in [0.29, 0.717) is 6.54 Å². The second-order valence-corrected chi connectivity index (χ2v) is 8.72. The molecule has 7 heteroatoms. The number of thiazole rings is 1. The highest BCUT2D eigenvalue weighted by Gasteiger charge is 2.23. The van der Waals surface area contributed by atoms with Crippen LogP contribution in [0.5, 0.6) is 0 Å². The van der Waals surface area contributed by atoms with E-state index in [4.69, 9.17) is 4.98 Å². The van der Waals surface area contributed by atoms with Gasteiger partial charge in [-0.25, -0.2) is 9.78 Å². The number of rotatable bonds is 3. The molecule has 3 aromatic rings. The minimum atomic E-state index is -0.106. The monoisotopic (exact) mass is 445 g/mol. The number of fused-ring (bicyclic) bond motifs is 1. The second kappa shape index (κ2) is 7.96. The van der Waals surface area contributed by atoms with Crippen LogP contribution in [0.4, 0.5) is 10.5 Å². The summed E-state index contributed by atoms with van der Waals surface area (Å²) < 4.78 is 2.17. The Hall–Kier alpha value is -1.96. The van der Waals surface area contributed by atoms with Gasteiger partial charge in [0.05, 0.1) is 10.2 Å². The van der Waals surface area contributed by atoms with Crippen molar-refractivity contribution < 1.29 is 9.90 Å². The summed E-state index contributed by atoms with van der Waals surface area (Å²) >= 11 is 5.13. The van der Waals surface area contributed by atoms with Gasteiger partial charge in [0.1, 0.15) is 5.01 Å². The predicted molar refractivity (Wildman–Crippen MR) is 113 cm³/mol. The Morgan fingerprint density at radius 3 is 2.89 bits per heavy atom. The minimum Gasteiger partial charge on any atom is -0.396 e. The molecule has 1 aliphatic rings. The molecule has 140 valence electrons. The van der Waals surface area contributed by atoms with E-state index in [0.717, 1.165) is 50.3 Å². The van der Waals surface area contributed by atoms with Crippen molar-refractivity contribution in [1.82, 2.24) is 9.88 Å². The molecule has 1 saturated heterocycles. The SMILES string of the molecule is O=C(Nc1ccc(-c2nc3cc(Br)ccc3s2)cc1)N1CCC[C@H](CO)C1. The normalized spacial score (nSPS) is 17.3. The fraction of sp³-hybridized carbons (Fsp3) is 0.300. The lowest BCUT2D eigenvalue weighted by atomic mass is 9.99. The Morgan fingerprint density at radius 1 is 1.30 bits per heavy atom. The molecule has 0 aliphatic carbocycles. The summed E-state index contributed by atoms with van der Waals surface area (Å²) in [6, 6.07) is 13.8. The predicted octanol–water partition coefficient (Wildman–Crippen LogP) is 4.96. The van der Waals surface area contributed by atoms with Crippen LogP contribution in [0.1, 0.15) is 12.8 Å². The number of aliphatic hydroxyl groups excluding tert-OH is 1.